The van der Waals surface area contributed by atoms with Crippen LogP contribution in [0, 0.1) is 11.8 Å². The summed E-state index contributed by atoms with van der Waals surface area (Å²) in [6.07, 6.45) is 3.37. The van der Waals surface area contributed by atoms with Gasteiger partial charge < -0.3 is 10.6 Å². The first-order chi connectivity index (χ1) is 6.27. The lowest BCUT2D eigenvalue weighted by Gasteiger charge is -2.30. The Labute approximate surface area is 79.3 Å². The van der Waals surface area contributed by atoms with Gasteiger partial charge in [-0.15, -0.1) is 0 Å². The maximum atomic E-state index is 11.5. The number of rotatable bonds is 2. The molecule has 2 atom stereocenters. The Balaban J connectivity index is 1.81. The van der Waals surface area contributed by atoms with Crippen molar-refractivity contribution in [2.45, 2.75) is 32.2 Å². The maximum Gasteiger partial charge on any atom is 0.223 e. The van der Waals surface area contributed by atoms with E-state index >= 15 is 0 Å². The predicted molar refractivity (Wildman–Crippen MR) is 51.3 cm³/mol. The van der Waals surface area contributed by atoms with Crippen LogP contribution in [0.2, 0.25) is 0 Å². The third kappa shape index (κ3) is 2.21. The van der Waals surface area contributed by atoms with E-state index in [9.17, 15) is 4.79 Å². The fraction of sp³-hybridized carbons (Fsp3) is 0.900. The molecule has 2 fully saturated rings. The average molecular weight is 182 g/mol. The van der Waals surface area contributed by atoms with Crippen molar-refractivity contribution in [3.05, 3.63) is 0 Å². The van der Waals surface area contributed by atoms with Gasteiger partial charge in [0.25, 0.3) is 0 Å². The fourth-order valence-corrected chi connectivity index (χ4v) is 1.83. The van der Waals surface area contributed by atoms with Gasteiger partial charge >= 0.3 is 0 Å². The second-order valence-corrected chi connectivity index (χ2v) is 4.36. The van der Waals surface area contributed by atoms with Crippen LogP contribution in [-0.4, -0.2) is 25.0 Å². The first kappa shape index (κ1) is 9.00. The second-order valence-electron chi connectivity index (χ2n) is 4.36. The summed E-state index contributed by atoms with van der Waals surface area (Å²) in [7, 11) is 0. The highest BCUT2D eigenvalue weighted by atomic mass is 16.2. The number of hydrogen-bond donors (Lipinski definition) is 2. The molecule has 0 bridgehead atoms. The highest BCUT2D eigenvalue weighted by Gasteiger charge is 2.32. The van der Waals surface area contributed by atoms with E-state index in [-0.39, 0.29) is 5.91 Å². The molecule has 0 aromatic heterocycles. The molecule has 0 aromatic carbocycles. The highest BCUT2D eigenvalue weighted by molar-refractivity contribution is 5.81. The first-order valence-electron chi connectivity index (χ1n) is 5.28. The maximum absolute atomic E-state index is 11.5. The Hall–Kier alpha value is -0.570. The minimum absolute atomic E-state index is 0.278. The molecule has 2 aliphatic rings. The minimum atomic E-state index is 0.278. The molecule has 0 radical (unpaired) electrons. The van der Waals surface area contributed by atoms with Gasteiger partial charge in [0.15, 0.2) is 0 Å². The number of hydrogen-bond acceptors (Lipinski definition) is 2. The molecule has 1 aliphatic heterocycles. The standard InChI is InChI=1S/C10H18N2O/c1-7-4-5-11-6-9(7)12-10(13)8-2-3-8/h7-9,11H,2-6H2,1H3,(H,12,13). The highest BCUT2D eigenvalue weighted by Crippen LogP contribution is 2.29. The molecule has 1 aliphatic carbocycles. The van der Waals surface area contributed by atoms with Crippen molar-refractivity contribution in [3.8, 4) is 0 Å². The van der Waals surface area contributed by atoms with E-state index in [0.29, 0.717) is 17.9 Å². The summed E-state index contributed by atoms with van der Waals surface area (Å²) in [4.78, 5) is 11.5. The van der Waals surface area contributed by atoms with Gasteiger partial charge in [-0.2, -0.15) is 0 Å². The van der Waals surface area contributed by atoms with Gasteiger partial charge in [-0.3, -0.25) is 4.79 Å². The summed E-state index contributed by atoms with van der Waals surface area (Å²) < 4.78 is 0. The Morgan fingerprint density at radius 1 is 1.38 bits per heavy atom. The lowest BCUT2D eigenvalue weighted by molar-refractivity contribution is -0.123. The van der Waals surface area contributed by atoms with E-state index in [0.717, 1.165) is 25.9 Å². The van der Waals surface area contributed by atoms with E-state index in [2.05, 4.69) is 17.6 Å². The van der Waals surface area contributed by atoms with Crippen LogP contribution < -0.4 is 10.6 Å². The van der Waals surface area contributed by atoms with Crippen molar-refractivity contribution in [1.29, 1.82) is 0 Å². The number of nitrogens with one attached hydrogen (secondary N) is 2. The van der Waals surface area contributed by atoms with Crippen molar-refractivity contribution < 1.29 is 4.79 Å². The van der Waals surface area contributed by atoms with Crippen LogP contribution in [0.25, 0.3) is 0 Å². The SMILES string of the molecule is CC1CCNCC1NC(=O)C1CC1. The monoisotopic (exact) mass is 182 g/mol. The summed E-state index contributed by atoms with van der Waals surface area (Å²) in [6.45, 7) is 4.26. The second kappa shape index (κ2) is 3.66. The van der Waals surface area contributed by atoms with Crippen LogP contribution in [0.3, 0.4) is 0 Å². The third-order valence-corrected chi connectivity index (χ3v) is 3.10. The molecule has 2 rings (SSSR count). The molecule has 1 saturated carbocycles. The summed E-state index contributed by atoms with van der Waals surface area (Å²) in [5.74, 6) is 1.25. The topological polar surface area (TPSA) is 41.1 Å². The minimum Gasteiger partial charge on any atom is -0.352 e. The summed E-state index contributed by atoms with van der Waals surface area (Å²) in [5.41, 5.74) is 0. The van der Waals surface area contributed by atoms with Crippen molar-refractivity contribution in [1.82, 2.24) is 10.6 Å². The van der Waals surface area contributed by atoms with Crippen molar-refractivity contribution in [3.63, 3.8) is 0 Å². The molecule has 3 nitrogen and oxygen atoms in total. The molecule has 1 heterocycles. The van der Waals surface area contributed by atoms with Crippen molar-refractivity contribution >= 4 is 5.91 Å². The summed E-state index contributed by atoms with van der Waals surface area (Å²) in [6, 6.07) is 0.363. The molecule has 1 saturated heterocycles. The van der Waals surface area contributed by atoms with Crippen molar-refractivity contribution in [2.24, 2.45) is 11.8 Å². The Morgan fingerprint density at radius 2 is 2.15 bits per heavy atom. The van der Waals surface area contributed by atoms with E-state index in [1.54, 1.807) is 0 Å². The third-order valence-electron chi connectivity index (χ3n) is 3.10. The smallest absolute Gasteiger partial charge is 0.223 e. The Morgan fingerprint density at radius 3 is 2.77 bits per heavy atom. The van der Waals surface area contributed by atoms with Gasteiger partial charge in [-0.05, 0) is 31.7 Å². The number of carbonyl (C=O) groups excluding carboxylic acids is 1. The van der Waals surface area contributed by atoms with E-state index in [4.69, 9.17) is 0 Å². The fourth-order valence-electron chi connectivity index (χ4n) is 1.83. The molecule has 2 unspecified atom stereocenters. The molecule has 74 valence electrons. The van der Waals surface area contributed by atoms with E-state index < -0.39 is 0 Å². The summed E-state index contributed by atoms with van der Waals surface area (Å²) >= 11 is 0. The molecular weight excluding hydrogens is 164 g/mol. The Bertz CT molecular complexity index is 201. The largest absolute Gasteiger partial charge is 0.352 e. The lowest BCUT2D eigenvalue weighted by Crippen LogP contribution is -2.50. The van der Waals surface area contributed by atoms with E-state index in [1.807, 2.05) is 0 Å². The average Bonchev–Trinajstić information content (AvgIpc) is 2.91. The van der Waals surface area contributed by atoms with Crippen LogP contribution in [-0.2, 0) is 4.79 Å². The Kier molecular flexibility index (Phi) is 2.54. The van der Waals surface area contributed by atoms with E-state index in [1.165, 1.54) is 6.42 Å². The van der Waals surface area contributed by atoms with Crippen LogP contribution >= 0.6 is 0 Å². The number of piperidine rings is 1. The zero-order valence-electron chi connectivity index (χ0n) is 8.18. The zero-order chi connectivity index (χ0) is 9.26. The van der Waals surface area contributed by atoms with Crippen LogP contribution in [0.15, 0.2) is 0 Å². The first-order valence-corrected chi connectivity index (χ1v) is 5.28. The number of amides is 1. The van der Waals surface area contributed by atoms with Crippen LogP contribution in [0.1, 0.15) is 26.2 Å². The molecule has 0 aromatic rings. The van der Waals surface area contributed by atoms with Gasteiger partial charge in [-0.1, -0.05) is 6.92 Å². The molecule has 13 heavy (non-hydrogen) atoms. The van der Waals surface area contributed by atoms with Gasteiger partial charge in [0, 0.05) is 18.5 Å². The summed E-state index contributed by atoms with van der Waals surface area (Å²) in [5, 5.41) is 6.44. The molecule has 1 amide bonds. The lowest BCUT2D eigenvalue weighted by atomic mass is 9.95. The number of carbonyl (C=O) groups is 1. The van der Waals surface area contributed by atoms with Crippen LogP contribution in [0.5, 0.6) is 0 Å². The molecule has 3 heteroatoms. The zero-order valence-corrected chi connectivity index (χ0v) is 8.18. The molecular formula is C10H18N2O. The molecule has 2 N–H and O–H groups in total. The quantitative estimate of drug-likeness (QED) is 0.653. The van der Waals surface area contributed by atoms with Crippen LogP contribution in [0.4, 0.5) is 0 Å². The van der Waals surface area contributed by atoms with Gasteiger partial charge in [0.2, 0.25) is 5.91 Å². The van der Waals surface area contributed by atoms with Gasteiger partial charge in [0.1, 0.15) is 0 Å². The molecule has 0 spiro atoms. The van der Waals surface area contributed by atoms with Gasteiger partial charge in [-0.25, -0.2) is 0 Å². The normalized spacial score (nSPS) is 34.2. The van der Waals surface area contributed by atoms with Crippen molar-refractivity contribution in [2.75, 3.05) is 13.1 Å². The predicted octanol–water partition coefficient (Wildman–Crippen LogP) is 0.511. The van der Waals surface area contributed by atoms with Gasteiger partial charge in [0.05, 0.1) is 0 Å².